The maximum absolute atomic E-state index is 13.3. The van der Waals surface area contributed by atoms with Crippen molar-refractivity contribution in [3.8, 4) is 11.5 Å². The largest absolute Gasteiger partial charge is 0.430 e. The Morgan fingerprint density at radius 3 is 2.10 bits per heavy atom. The second-order valence-electron chi connectivity index (χ2n) is 3.43. The zero-order valence-corrected chi connectivity index (χ0v) is 16.7. The molecular weight excluding hydrogens is 553 g/mol. The first kappa shape index (κ1) is 19.7. The third kappa shape index (κ3) is 5.65. The minimum absolute atomic E-state index is 0.0768. The predicted octanol–water partition coefficient (Wildman–Crippen LogP) is 5.05. The van der Waals surface area contributed by atoms with Gasteiger partial charge in [0, 0.05) is 0 Å². The molecule has 21 heavy (non-hydrogen) atoms. The molecule has 0 aromatic heterocycles. The van der Waals surface area contributed by atoms with Crippen molar-refractivity contribution in [2.45, 2.75) is 10.9 Å². The van der Waals surface area contributed by atoms with Gasteiger partial charge in [0.05, 0.1) is 8.95 Å². The molecule has 0 N–H and O–H groups in total. The van der Waals surface area contributed by atoms with Crippen LogP contribution in [0.25, 0.3) is 0 Å². The fourth-order valence-electron chi connectivity index (χ4n) is 1.03. The Kier molecular flexibility index (Phi) is 7.02. The molecule has 0 amide bonds. The van der Waals surface area contributed by atoms with Gasteiger partial charge in [0.15, 0.2) is 5.75 Å². The molecule has 12 heteroatoms. The lowest BCUT2D eigenvalue weighted by Crippen LogP contribution is -2.32. The molecule has 0 radical (unpaired) electrons. The van der Waals surface area contributed by atoms with Gasteiger partial charge < -0.3 is 8.92 Å². The van der Waals surface area contributed by atoms with Crippen molar-refractivity contribution in [1.29, 1.82) is 0 Å². The van der Waals surface area contributed by atoms with Gasteiger partial charge in [-0.1, -0.05) is 39.1 Å². The summed E-state index contributed by atoms with van der Waals surface area (Å²) in [5, 5.41) is 0. The molecule has 120 valence electrons. The molecule has 0 aliphatic carbocycles. The van der Waals surface area contributed by atoms with Crippen LogP contribution in [0.3, 0.4) is 0 Å². The van der Waals surface area contributed by atoms with E-state index in [4.69, 9.17) is 27.4 Å². The third-order valence-corrected chi connectivity index (χ3v) is 5.88. The zero-order chi connectivity index (χ0) is 16.4. The van der Waals surface area contributed by atoms with Gasteiger partial charge in [-0.05, 0) is 44.0 Å². The molecule has 0 bridgehead atoms. The summed E-state index contributed by atoms with van der Waals surface area (Å²) in [6.45, 7) is 0. The average Bonchev–Trinajstić information content (AvgIpc) is 2.33. The maximum Gasteiger partial charge on any atom is 0.428 e. The fraction of sp³-hybridized carbons (Fsp3) is 0.333. The van der Waals surface area contributed by atoms with Gasteiger partial charge in [0.2, 0.25) is 4.84 Å². The van der Waals surface area contributed by atoms with Gasteiger partial charge in [-0.2, -0.15) is 17.2 Å². The number of ether oxygens (including phenoxy) is 1. The highest BCUT2D eigenvalue weighted by Gasteiger charge is 2.40. The zero-order valence-electron chi connectivity index (χ0n) is 9.63. The molecule has 0 atom stereocenters. The first-order valence-electron chi connectivity index (χ1n) is 4.80. The maximum atomic E-state index is 13.3. The lowest BCUT2D eigenvalue weighted by Gasteiger charge is -2.19. The second kappa shape index (κ2) is 7.48. The number of benzene rings is 1. The van der Waals surface area contributed by atoms with Crippen LogP contribution in [-0.4, -0.2) is 24.0 Å². The van der Waals surface area contributed by atoms with E-state index in [-0.39, 0.29) is 20.4 Å². The minimum Gasteiger partial charge on any atom is -0.430 e. The Morgan fingerprint density at radius 1 is 1.24 bits per heavy atom. The summed E-state index contributed by atoms with van der Waals surface area (Å²) in [6, 6.07) is 2.18. The molecule has 0 aliphatic heterocycles. The molecular formula is C9H5Br3Cl2F2O4S. The quantitative estimate of drug-likeness (QED) is 0.363. The molecule has 1 aromatic rings. The highest BCUT2D eigenvalue weighted by atomic mass is 79.9. The monoisotopic (exact) mass is 554 g/mol. The van der Waals surface area contributed by atoms with E-state index in [1.54, 1.807) is 0 Å². The molecule has 4 nitrogen and oxygen atoms in total. The molecule has 0 saturated carbocycles. The predicted molar refractivity (Wildman–Crippen MR) is 86.3 cm³/mol. The Labute approximate surface area is 154 Å². The van der Waals surface area contributed by atoms with E-state index >= 15 is 0 Å². The summed E-state index contributed by atoms with van der Waals surface area (Å²) in [5.74, 6) is -0.410. The number of rotatable bonds is 6. The lowest BCUT2D eigenvalue weighted by atomic mass is 10.3. The van der Waals surface area contributed by atoms with E-state index in [9.17, 15) is 17.2 Å². The van der Waals surface area contributed by atoms with Crippen molar-refractivity contribution in [2.75, 3.05) is 4.66 Å². The minimum atomic E-state index is -3.85. The number of hydrogen-bond donors (Lipinski definition) is 0. The summed E-state index contributed by atoms with van der Waals surface area (Å²) < 4.78 is 58.2. The van der Waals surface area contributed by atoms with Crippen LogP contribution in [0.15, 0.2) is 21.1 Å². The van der Waals surface area contributed by atoms with E-state index in [2.05, 4.69) is 52.5 Å². The summed E-state index contributed by atoms with van der Waals surface area (Å²) in [6.07, 6.45) is -3.81. The van der Waals surface area contributed by atoms with Gasteiger partial charge in [0.25, 0.3) is 0 Å². The molecule has 1 aromatic carbocycles. The van der Waals surface area contributed by atoms with Crippen molar-refractivity contribution in [3.63, 3.8) is 0 Å². The highest BCUT2D eigenvalue weighted by Crippen LogP contribution is 2.40. The Balaban J connectivity index is 3.11. The van der Waals surface area contributed by atoms with E-state index in [1.807, 2.05) is 0 Å². The van der Waals surface area contributed by atoms with Gasteiger partial charge in [-0.25, -0.2) is 0 Å². The Bertz CT molecular complexity index is 604. The van der Waals surface area contributed by atoms with Crippen LogP contribution < -0.4 is 8.92 Å². The van der Waals surface area contributed by atoms with E-state index in [1.165, 1.54) is 0 Å². The summed E-state index contributed by atoms with van der Waals surface area (Å²) in [7, 11) is -3.85. The van der Waals surface area contributed by atoms with Crippen molar-refractivity contribution in [2.24, 2.45) is 0 Å². The van der Waals surface area contributed by atoms with Crippen LogP contribution in [0.5, 0.6) is 11.5 Å². The average molecular weight is 558 g/mol. The number of hydrogen-bond acceptors (Lipinski definition) is 4. The van der Waals surface area contributed by atoms with Gasteiger partial charge in [-0.15, -0.1) is 0 Å². The molecule has 0 fully saturated rings. The van der Waals surface area contributed by atoms with E-state index in [0.717, 1.165) is 12.1 Å². The topological polar surface area (TPSA) is 52.6 Å². The van der Waals surface area contributed by atoms with Crippen LogP contribution in [0.2, 0.25) is 0 Å². The second-order valence-corrected chi connectivity index (χ2v) is 9.11. The first-order chi connectivity index (χ1) is 9.48. The molecule has 1 rings (SSSR count). The molecule has 0 heterocycles. The van der Waals surface area contributed by atoms with Crippen molar-refractivity contribution >= 4 is 81.1 Å². The number of alkyl halides is 5. The van der Waals surface area contributed by atoms with Crippen LogP contribution in [0.4, 0.5) is 8.78 Å². The SMILES string of the molecule is O=S(=O)(CBr)Oc1c(Br)cc(OC(F)(F)C(Cl)Cl)cc1Br. The fourth-order valence-corrected chi connectivity index (χ4v) is 3.39. The molecule has 0 spiro atoms. The third-order valence-electron chi connectivity index (χ3n) is 1.82. The van der Waals surface area contributed by atoms with Crippen LogP contribution in [0, 0.1) is 0 Å². The van der Waals surface area contributed by atoms with Crippen molar-refractivity contribution in [1.82, 2.24) is 0 Å². The normalized spacial score (nSPS) is 12.6. The van der Waals surface area contributed by atoms with Crippen molar-refractivity contribution < 1.29 is 26.1 Å². The van der Waals surface area contributed by atoms with Crippen molar-refractivity contribution in [3.05, 3.63) is 21.1 Å². The Morgan fingerprint density at radius 2 is 1.71 bits per heavy atom. The summed E-state index contributed by atoms with van der Waals surface area (Å²) >= 11 is 18.9. The van der Waals surface area contributed by atoms with E-state index < -0.39 is 25.7 Å². The van der Waals surface area contributed by atoms with Crippen LogP contribution in [-0.2, 0) is 10.1 Å². The van der Waals surface area contributed by atoms with Gasteiger partial charge in [-0.3, -0.25) is 0 Å². The van der Waals surface area contributed by atoms with E-state index in [0.29, 0.717) is 0 Å². The van der Waals surface area contributed by atoms with Crippen LogP contribution >= 0.6 is 71.0 Å². The summed E-state index contributed by atoms with van der Waals surface area (Å²) in [5.41, 5.74) is 0. The van der Waals surface area contributed by atoms with Crippen LogP contribution in [0.1, 0.15) is 0 Å². The molecule has 0 unspecified atom stereocenters. The standard InChI is InChI=1S/C9H5Br3Cl2F2O4S/c10-3-21(17,18)20-7-5(11)1-4(2-6(7)12)19-9(15,16)8(13)14/h1-2,8H,3H2. The number of halogens is 7. The smallest absolute Gasteiger partial charge is 0.428 e. The van der Waals surface area contributed by atoms with Gasteiger partial charge >= 0.3 is 16.2 Å². The molecule has 0 saturated heterocycles. The summed E-state index contributed by atoms with van der Waals surface area (Å²) in [4.78, 5) is -2.07. The lowest BCUT2D eigenvalue weighted by molar-refractivity contribution is -0.163. The molecule has 0 aliphatic rings. The Hall–Kier alpha value is 0.650. The van der Waals surface area contributed by atoms with Gasteiger partial charge in [0.1, 0.15) is 10.4 Å². The first-order valence-corrected chi connectivity index (χ1v) is 9.96. The highest BCUT2D eigenvalue weighted by molar-refractivity contribution is 9.11.